The molecule has 0 aliphatic carbocycles. The van der Waals surface area contributed by atoms with Gasteiger partial charge in [0.2, 0.25) is 0 Å². The first kappa shape index (κ1) is 47.9. The van der Waals surface area contributed by atoms with Gasteiger partial charge in [0.1, 0.15) is 5.58 Å². The number of aryl methyl sites for hydroxylation is 1. The van der Waals surface area contributed by atoms with Crippen molar-refractivity contribution < 1.29 is 4.42 Å². The average molecular weight is 990 g/mol. The van der Waals surface area contributed by atoms with Crippen LogP contribution < -0.4 is 20.7 Å². The van der Waals surface area contributed by atoms with Crippen molar-refractivity contribution in [1.29, 1.82) is 0 Å². The van der Waals surface area contributed by atoms with Gasteiger partial charge < -0.3 is 18.7 Å². The van der Waals surface area contributed by atoms with Gasteiger partial charge in [0.05, 0.1) is 5.69 Å². The Bertz CT molecular complexity index is 4100. The Kier molecular flexibility index (Phi) is 10.5. The second kappa shape index (κ2) is 16.6. The van der Waals surface area contributed by atoms with Crippen LogP contribution >= 0.6 is 0 Å². The Morgan fingerprint density at radius 2 is 1.01 bits per heavy atom. The highest BCUT2D eigenvalue weighted by Gasteiger charge is 2.45. The van der Waals surface area contributed by atoms with E-state index >= 15 is 0 Å². The number of anilines is 6. The lowest BCUT2D eigenvalue weighted by Crippen LogP contribution is -2.56. The minimum absolute atomic E-state index is 0.0172. The van der Waals surface area contributed by atoms with E-state index in [4.69, 9.17) is 4.42 Å². The third kappa shape index (κ3) is 7.47. The van der Waals surface area contributed by atoms with Crippen LogP contribution in [0.1, 0.15) is 111 Å². The van der Waals surface area contributed by atoms with Crippen molar-refractivity contribution in [3.63, 3.8) is 0 Å². The van der Waals surface area contributed by atoms with Gasteiger partial charge in [0.25, 0.3) is 0 Å². The van der Waals surface area contributed by atoms with Crippen LogP contribution in [0.2, 0.25) is 0 Å². The summed E-state index contributed by atoms with van der Waals surface area (Å²) in [6.07, 6.45) is 0. The molecule has 0 saturated carbocycles. The first-order valence-corrected chi connectivity index (χ1v) is 27.4. The Labute approximate surface area is 449 Å². The number of furan rings is 1. The average Bonchev–Trinajstić information content (AvgIpc) is 4.14. The number of aromatic nitrogens is 1. The monoisotopic (exact) mass is 990 g/mol. The summed E-state index contributed by atoms with van der Waals surface area (Å²) < 4.78 is 9.75. The minimum Gasteiger partial charge on any atom is -0.454 e. The number of benzene rings is 9. The summed E-state index contributed by atoms with van der Waals surface area (Å²) in [4.78, 5) is 5.01. The summed E-state index contributed by atoms with van der Waals surface area (Å²) in [6, 6.07) is 67.1. The van der Waals surface area contributed by atoms with Crippen molar-refractivity contribution in [1.82, 2.24) is 4.48 Å². The molecule has 0 atom stereocenters. The summed E-state index contributed by atoms with van der Waals surface area (Å²) in [7, 11) is 0. The van der Waals surface area contributed by atoms with Gasteiger partial charge in [0.15, 0.2) is 5.58 Å². The van der Waals surface area contributed by atoms with Crippen LogP contribution in [0.4, 0.5) is 34.1 Å². The van der Waals surface area contributed by atoms with E-state index in [-0.39, 0.29) is 28.5 Å². The first-order chi connectivity index (χ1) is 36.1. The minimum atomic E-state index is -0.182. The topological polar surface area (TPSA) is 24.6 Å². The van der Waals surface area contributed by atoms with Crippen molar-refractivity contribution in [2.75, 3.05) is 9.80 Å². The van der Waals surface area contributed by atoms with E-state index in [1.165, 1.54) is 82.8 Å². The van der Waals surface area contributed by atoms with Crippen LogP contribution in [0.3, 0.4) is 0 Å². The predicted molar refractivity (Wildman–Crippen MR) is 327 cm³/mol. The molecular formula is C71H68BN3O. The van der Waals surface area contributed by atoms with Crippen LogP contribution in [0.5, 0.6) is 0 Å². The number of nitrogens with zero attached hydrogens (tertiary/aromatic N) is 3. The van der Waals surface area contributed by atoms with Crippen molar-refractivity contribution in [2.45, 2.75) is 112 Å². The molecule has 0 fully saturated rings. The first-order valence-electron chi connectivity index (χ1n) is 27.4. The van der Waals surface area contributed by atoms with Crippen LogP contribution in [-0.4, -0.2) is 11.3 Å². The molecule has 9 aromatic carbocycles. The van der Waals surface area contributed by atoms with E-state index in [1.54, 1.807) is 0 Å². The third-order valence-electron chi connectivity index (χ3n) is 16.7. The Morgan fingerprint density at radius 1 is 0.421 bits per heavy atom. The zero-order valence-corrected chi connectivity index (χ0v) is 46.6. The van der Waals surface area contributed by atoms with E-state index in [1.807, 2.05) is 0 Å². The molecule has 0 bridgehead atoms. The lowest BCUT2D eigenvalue weighted by Gasteiger charge is -2.41. The molecule has 76 heavy (non-hydrogen) atoms. The summed E-state index contributed by atoms with van der Waals surface area (Å²) in [5.74, 6) is 0. The molecule has 0 radical (unpaired) electrons. The zero-order chi connectivity index (χ0) is 53.0. The Balaban J connectivity index is 1.18. The molecule has 5 heteroatoms. The van der Waals surface area contributed by atoms with Gasteiger partial charge in [-0.2, -0.15) is 0 Å². The van der Waals surface area contributed by atoms with E-state index < -0.39 is 0 Å². The van der Waals surface area contributed by atoms with Gasteiger partial charge in [-0.05, 0) is 175 Å². The molecule has 13 rings (SSSR count). The van der Waals surface area contributed by atoms with Crippen LogP contribution in [0, 0.1) is 6.92 Å². The number of para-hydroxylation sites is 2. The molecule has 0 saturated heterocycles. The molecule has 2 aromatic heterocycles. The molecular weight excluding hydrogens is 922 g/mol. The van der Waals surface area contributed by atoms with Crippen LogP contribution in [0.15, 0.2) is 180 Å². The molecule has 2 aliphatic heterocycles. The smallest absolute Gasteiger partial charge is 0.333 e. The normalized spacial score (nSPS) is 13.5. The third-order valence-corrected chi connectivity index (χ3v) is 16.7. The summed E-state index contributed by atoms with van der Waals surface area (Å²) in [5.41, 5.74) is 24.9. The van der Waals surface area contributed by atoms with E-state index in [0.29, 0.717) is 0 Å². The number of rotatable bonds is 5. The van der Waals surface area contributed by atoms with Crippen LogP contribution in [-0.2, 0) is 21.7 Å². The quantitative estimate of drug-likeness (QED) is 0.161. The second-order valence-electron chi connectivity index (χ2n) is 26.0. The van der Waals surface area contributed by atoms with Crippen LogP contribution in [0.25, 0.3) is 66.0 Å². The molecule has 0 spiro atoms. The van der Waals surface area contributed by atoms with E-state index in [0.717, 1.165) is 56.1 Å². The van der Waals surface area contributed by atoms with Gasteiger partial charge in [-0.3, -0.25) is 0 Å². The van der Waals surface area contributed by atoms with E-state index in [2.05, 4.69) is 280 Å². The zero-order valence-electron chi connectivity index (χ0n) is 46.6. The Morgan fingerprint density at radius 3 is 1.67 bits per heavy atom. The fraction of sp³-hybridized carbons (Fsp3) is 0.239. The van der Waals surface area contributed by atoms with Gasteiger partial charge in [0, 0.05) is 66.6 Å². The maximum atomic E-state index is 7.03. The molecule has 0 unspecified atom stereocenters. The lowest BCUT2D eigenvalue weighted by atomic mass is 9.45. The maximum absolute atomic E-state index is 7.03. The highest BCUT2D eigenvalue weighted by atomic mass is 16.3. The lowest BCUT2D eigenvalue weighted by molar-refractivity contribution is 0.590. The van der Waals surface area contributed by atoms with Crippen molar-refractivity contribution in [2.24, 2.45) is 0 Å². The van der Waals surface area contributed by atoms with Crippen molar-refractivity contribution in [3.05, 3.63) is 204 Å². The van der Waals surface area contributed by atoms with Crippen molar-refractivity contribution >= 4 is 95.6 Å². The SMILES string of the molecule is Cc1ccccc1-c1cc2c3c(c1)N(c1cccc4c1oc1ccccc14)c1ccc(N(c4ccc(C(C)(C)C)cc4)c4ccc(C(C)(C)C)cc4)cc1B3n1c3ccc(C(C)(C)C)cc3c3cc(C(C)(C)C)cc-2c31. The molecule has 4 nitrogen and oxygen atoms in total. The Hall–Kier alpha value is -7.76. The van der Waals surface area contributed by atoms with Gasteiger partial charge >= 0.3 is 6.85 Å². The van der Waals surface area contributed by atoms with Gasteiger partial charge in [-0.1, -0.05) is 168 Å². The number of fused-ring (bicyclic) bond motifs is 10. The fourth-order valence-electron chi connectivity index (χ4n) is 12.4. The summed E-state index contributed by atoms with van der Waals surface area (Å²) in [6.45, 7) is 29.9. The number of hydrogen-bond donors (Lipinski definition) is 0. The molecule has 2 aliphatic rings. The molecule has 4 heterocycles. The second-order valence-corrected chi connectivity index (χ2v) is 26.0. The highest BCUT2D eigenvalue weighted by molar-refractivity contribution is 6.90. The predicted octanol–water partition coefficient (Wildman–Crippen LogP) is 18.7. The highest BCUT2D eigenvalue weighted by Crippen LogP contribution is 2.51. The summed E-state index contributed by atoms with van der Waals surface area (Å²) >= 11 is 0. The number of hydrogen-bond acceptors (Lipinski definition) is 3. The van der Waals surface area contributed by atoms with Gasteiger partial charge in [-0.25, -0.2) is 0 Å². The molecule has 0 N–H and O–H groups in total. The van der Waals surface area contributed by atoms with Crippen molar-refractivity contribution in [3.8, 4) is 22.3 Å². The molecule has 0 amide bonds. The molecule has 376 valence electrons. The van der Waals surface area contributed by atoms with E-state index in [9.17, 15) is 0 Å². The maximum Gasteiger partial charge on any atom is 0.333 e. The standard InChI is InChI=1S/C71H68BN3O/c1-43-19-14-15-20-52(43)44-37-56-58-41-48(71(11,12)13)40-57-55-39-47(70(8,9)10)29-35-60(55)75(66(57)58)72-59-42-51(73(49-30-25-45(26-31-49)68(2,3)4)50-32-27-46(28-33-50)69(5,6)7)34-36-61(59)74(63(38-44)65(56)72)62-23-18-22-54-53-21-16-17-24-64(53)76-67(54)62/h14-42H,1-13H3. The molecule has 11 aromatic rings. The summed E-state index contributed by atoms with van der Waals surface area (Å²) in [5, 5.41) is 4.83. The van der Waals surface area contributed by atoms with Gasteiger partial charge in [-0.15, -0.1) is 0 Å². The largest absolute Gasteiger partial charge is 0.454 e. The fourth-order valence-corrected chi connectivity index (χ4v) is 12.4.